The minimum absolute atomic E-state index is 0.107. The van der Waals surface area contributed by atoms with Gasteiger partial charge in [0.1, 0.15) is 11.5 Å². The van der Waals surface area contributed by atoms with Crippen LogP contribution in [-0.4, -0.2) is 67.9 Å². The van der Waals surface area contributed by atoms with Crippen LogP contribution in [0.25, 0.3) is 0 Å². The number of nitro benzene ring substituents is 1. The molecule has 2 fully saturated rings. The number of piperidine rings is 1. The number of nitrogens with zero attached hydrogens (tertiary/aromatic N) is 4. The van der Waals surface area contributed by atoms with E-state index in [1.807, 2.05) is 4.90 Å². The first-order valence-corrected chi connectivity index (χ1v) is 12.1. The number of anilines is 2. The third-order valence-corrected chi connectivity index (χ3v) is 7.77. The summed E-state index contributed by atoms with van der Waals surface area (Å²) in [6, 6.07) is 9.28. The van der Waals surface area contributed by atoms with E-state index in [-0.39, 0.29) is 35.5 Å². The Hall–Kier alpha value is -3.09. The molecule has 0 unspecified atom stereocenters. The molecule has 1 aromatic carbocycles. The third-order valence-electron chi connectivity index (χ3n) is 5.87. The smallest absolute Gasteiger partial charge is 0.293 e. The summed E-state index contributed by atoms with van der Waals surface area (Å²) in [4.78, 5) is 29.6. The van der Waals surface area contributed by atoms with Crippen LogP contribution in [0.15, 0.2) is 47.5 Å². The molecular weight excluding hydrogens is 450 g/mol. The van der Waals surface area contributed by atoms with Gasteiger partial charge in [-0.05, 0) is 37.1 Å². The fourth-order valence-corrected chi connectivity index (χ4v) is 5.49. The monoisotopic (exact) mass is 475 g/mol. The molecule has 2 aliphatic rings. The zero-order chi connectivity index (χ0) is 23.4. The molecule has 1 N–H and O–H groups in total. The average molecular weight is 476 g/mol. The second kappa shape index (κ2) is 9.81. The Morgan fingerprint density at radius 2 is 1.85 bits per heavy atom. The molecule has 0 saturated carbocycles. The predicted molar refractivity (Wildman–Crippen MR) is 120 cm³/mol. The minimum atomic E-state index is -3.84. The van der Waals surface area contributed by atoms with Crippen molar-refractivity contribution in [3.8, 4) is 0 Å². The molecule has 12 heteroatoms. The topological polar surface area (TPSA) is 135 Å². The minimum Gasteiger partial charge on any atom is -0.379 e. The van der Waals surface area contributed by atoms with E-state index in [9.17, 15) is 23.3 Å². The van der Waals surface area contributed by atoms with E-state index < -0.39 is 14.9 Å². The van der Waals surface area contributed by atoms with Gasteiger partial charge in [-0.25, -0.2) is 13.4 Å². The van der Waals surface area contributed by atoms with Gasteiger partial charge in [0.25, 0.3) is 5.69 Å². The highest BCUT2D eigenvalue weighted by atomic mass is 32.2. The molecule has 4 rings (SSSR count). The number of ether oxygens (including phenoxy) is 1. The van der Waals surface area contributed by atoms with Crippen molar-refractivity contribution in [3.05, 3.63) is 52.7 Å². The lowest BCUT2D eigenvalue weighted by Gasteiger charge is -2.32. The number of carbonyl (C=O) groups is 1. The maximum Gasteiger partial charge on any atom is 0.293 e. The molecule has 0 aliphatic carbocycles. The van der Waals surface area contributed by atoms with Crippen LogP contribution < -0.4 is 10.2 Å². The van der Waals surface area contributed by atoms with Crippen LogP contribution in [-0.2, 0) is 19.6 Å². The highest BCUT2D eigenvalue weighted by Gasteiger charge is 2.32. The molecule has 2 aromatic rings. The number of hydrogen-bond donors (Lipinski definition) is 1. The van der Waals surface area contributed by atoms with Crippen molar-refractivity contribution < 1.29 is 22.9 Å². The number of nitrogens with one attached hydrogen (secondary N) is 1. The van der Waals surface area contributed by atoms with Crippen molar-refractivity contribution in [2.24, 2.45) is 5.92 Å². The van der Waals surface area contributed by atoms with Gasteiger partial charge >= 0.3 is 0 Å². The lowest BCUT2D eigenvalue weighted by molar-refractivity contribution is -0.384. The van der Waals surface area contributed by atoms with Gasteiger partial charge in [-0.1, -0.05) is 6.07 Å². The van der Waals surface area contributed by atoms with Crippen LogP contribution in [0.4, 0.5) is 17.2 Å². The van der Waals surface area contributed by atoms with Gasteiger partial charge in [0, 0.05) is 44.4 Å². The number of aromatic nitrogens is 1. The van der Waals surface area contributed by atoms with Crippen molar-refractivity contribution in [2.45, 2.75) is 17.7 Å². The number of amides is 1. The molecule has 0 radical (unpaired) electrons. The second-order valence-electron chi connectivity index (χ2n) is 7.89. The van der Waals surface area contributed by atoms with Crippen LogP contribution in [0.3, 0.4) is 0 Å². The largest absolute Gasteiger partial charge is 0.379 e. The van der Waals surface area contributed by atoms with Crippen LogP contribution in [0.1, 0.15) is 12.8 Å². The molecule has 3 heterocycles. The zero-order valence-electron chi connectivity index (χ0n) is 17.9. The van der Waals surface area contributed by atoms with E-state index in [2.05, 4.69) is 10.3 Å². The predicted octanol–water partition coefficient (Wildman–Crippen LogP) is 1.87. The van der Waals surface area contributed by atoms with E-state index >= 15 is 0 Å². The summed E-state index contributed by atoms with van der Waals surface area (Å²) >= 11 is 0. The Balaban J connectivity index is 1.47. The molecule has 0 atom stereocenters. The van der Waals surface area contributed by atoms with Crippen molar-refractivity contribution in [1.29, 1.82) is 0 Å². The highest BCUT2D eigenvalue weighted by molar-refractivity contribution is 7.89. The summed E-state index contributed by atoms with van der Waals surface area (Å²) in [7, 11) is -3.84. The maximum absolute atomic E-state index is 12.9. The van der Waals surface area contributed by atoms with Gasteiger partial charge in [-0.15, -0.1) is 0 Å². The lowest BCUT2D eigenvalue weighted by atomic mass is 9.95. The molecule has 33 heavy (non-hydrogen) atoms. The number of morpholine rings is 1. The molecule has 1 amide bonds. The van der Waals surface area contributed by atoms with Gasteiger partial charge in [-0.2, -0.15) is 4.31 Å². The quantitative estimate of drug-likeness (QED) is 0.494. The van der Waals surface area contributed by atoms with Crippen molar-refractivity contribution >= 4 is 33.1 Å². The van der Waals surface area contributed by atoms with Crippen molar-refractivity contribution in [2.75, 3.05) is 49.6 Å². The fourth-order valence-electron chi connectivity index (χ4n) is 4.06. The van der Waals surface area contributed by atoms with Crippen LogP contribution in [0.2, 0.25) is 0 Å². The fraction of sp³-hybridized carbons (Fsp3) is 0.429. The van der Waals surface area contributed by atoms with Crippen LogP contribution >= 0.6 is 0 Å². The highest BCUT2D eigenvalue weighted by Crippen LogP contribution is 2.34. The number of carbonyl (C=O) groups excluding carboxylic acids is 1. The van der Waals surface area contributed by atoms with Crippen molar-refractivity contribution in [3.63, 3.8) is 0 Å². The summed E-state index contributed by atoms with van der Waals surface area (Å²) in [5, 5.41) is 14.6. The second-order valence-corrected chi connectivity index (χ2v) is 9.83. The lowest BCUT2D eigenvalue weighted by Crippen LogP contribution is -2.40. The van der Waals surface area contributed by atoms with Gasteiger partial charge in [0.2, 0.25) is 15.9 Å². The number of nitro groups is 1. The van der Waals surface area contributed by atoms with Crippen LogP contribution in [0, 0.1) is 16.0 Å². The Morgan fingerprint density at radius 3 is 2.48 bits per heavy atom. The standard InChI is InChI=1S/C21H25N5O6S/c27-21(23-20-3-1-2-8-22-20)16-6-9-24(10-7-16)18-5-4-17(15-19(18)26(28)29)33(30,31)25-11-13-32-14-12-25/h1-5,8,15-16H,6-7,9-14H2,(H,22,23,27). The molecule has 2 aliphatic heterocycles. The molecule has 2 saturated heterocycles. The maximum atomic E-state index is 12.9. The molecule has 0 bridgehead atoms. The number of pyridine rings is 1. The normalized spacial score (nSPS) is 18.1. The van der Waals surface area contributed by atoms with Crippen molar-refractivity contribution in [1.82, 2.24) is 9.29 Å². The summed E-state index contributed by atoms with van der Waals surface area (Å²) in [5.74, 6) is 0.121. The average Bonchev–Trinajstić information content (AvgIpc) is 2.85. The van der Waals surface area contributed by atoms with Gasteiger partial charge in [0.05, 0.1) is 23.0 Å². The van der Waals surface area contributed by atoms with Gasteiger partial charge in [-0.3, -0.25) is 14.9 Å². The number of hydrogen-bond acceptors (Lipinski definition) is 8. The molecule has 0 spiro atoms. The Kier molecular flexibility index (Phi) is 6.86. The number of benzene rings is 1. The van der Waals surface area contributed by atoms with E-state index in [4.69, 9.17) is 4.74 Å². The van der Waals surface area contributed by atoms with Gasteiger partial charge in [0.15, 0.2) is 0 Å². The molecule has 11 nitrogen and oxygen atoms in total. The molecule has 176 valence electrons. The first kappa shape index (κ1) is 23.1. The summed E-state index contributed by atoms with van der Waals surface area (Å²) in [5.41, 5.74) is 0.0882. The Bertz CT molecular complexity index is 1110. The summed E-state index contributed by atoms with van der Waals surface area (Å²) < 4.78 is 32.3. The van der Waals surface area contributed by atoms with E-state index in [1.54, 1.807) is 24.4 Å². The third kappa shape index (κ3) is 5.13. The Labute approximate surface area is 191 Å². The Morgan fingerprint density at radius 1 is 1.12 bits per heavy atom. The SMILES string of the molecule is O=C(Nc1ccccn1)C1CCN(c2ccc(S(=O)(=O)N3CCOCC3)cc2[N+](=O)[O-])CC1. The van der Waals surface area contributed by atoms with E-state index in [0.717, 1.165) is 6.07 Å². The summed E-state index contributed by atoms with van der Waals surface area (Å²) in [6.07, 6.45) is 2.63. The van der Waals surface area contributed by atoms with E-state index in [0.29, 0.717) is 50.7 Å². The van der Waals surface area contributed by atoms with Gasteiger partial charge < -0.3 is 15.0 Å². The van der Waals surface area contributed by atoms with E-state index in [1.165, 1.54) is 16.4 Å². The number of rotatable bonds is 6. The number of sulfonamides is 1. The zero-order valence-corrected chi connectivity index (χ0v) is 18.7. The first-order chi connectivity index (χ1) is 15.9. The van der Waals surface area contributed by atoms with Crippen LogP contribution in [0.5, 0.6) is 0 Å². The molecular formula is C21H25N5O6S. The molecule has 1 aromatic heterocycles. The first-order valence-electron chi connectivity index (χ1n) is 10.7. The summed E-state index contributed by atoms with van der Waals surface area (Å²) in [6.45, 7) is 1.90.